The summed E-state index contributed by atoms with van der Waals surface area (Å²) in [4.78, 5) is 5.75. The molecular weight excluding hydrogens is 329 g/mol. The first-order valence-electron chi connectivity index (χ1n) is 5.82. The van der Waals surface area contributed by atoms with Crippen molar-refractivity contribution in [1.29, 1.82) is 5.26 Å². The lowest BCUT2D eigenvalue weighted by Crippen LogP contribution is -1.96. The van der Waals surface area contributed by atoms with Crippen molar-refractivity contribution in [3.63, 3.8) is 0 Å². The van der Waals surface area contributed by atoms with Crippen molar-refractivity contribution in [2.45, 2.75) is 19.3 Å². The SMILES string of the molecule is N#Cc1ccc(Nc2nc3c(s2)CCC3)c(F)c1Br. The van der Waals surface area contributed by atoms with Crippen molar-refractivity contribution >= 4 is 38.1 Å². The molecule has 0 radical (unpaired) electrons. The van der Waals surface area contributed by atoms with Crippen LogP contribution < -0.4 is 5.32 Å². The van der Waals surface area contributed by atoms with Gasteiger partial charge in [-0.2, -0.15) is 5.26 Å². The highest BCUT2D eigenvalue weighted by molar-refractivity contribution is 9.10. The number of hydrogen-bond acceptors (Lipinski definition) is 4. The number of nitriles is 1. The van der Waals surface area contributed by atoms with Crippen LogP contribution in [0.15, 0.2) is 16.6 Å². The Balaban J connectivity index is 1.91. The van der Waals surface area contributed by atoms with Gasteiger partial charge in [0.15, 0.2) is 10.9 Å². The largest absolute Gasteiger partial charge is 0.329 e. The van der Waals surface area contributed by atoms with Gasteiger partial charge < -0.3 is 5.32 Å². The minimum absolute atomic E-state index is 0.184. The Bertz CT molecular complexity index is 668. The van der Waals surface area contributed by atoms with Crippen LogP contribution in [-0.2, 0) is 12.8 Å². The molecule has 96 valence electrons. The summed E-state index contributed by atoms with van der Waals surface area (Å²) in [5.74, 6) is -0.464. The van der Waals surface area contributed by atoms with E-state index in [0.29, 0.717) is 10.8 Å². The van der Waals surface area contributed by atoms with Gasteiger partial charge in [0.05, 0.1) is 21.4 Å². The van der Waals surface area contributed by atoms with Crippen molar-refractivity contribution in [2.75, 3.05) is 5.32 Å². The maximum atomic E-state index is 14.1. The van der Waals surface area contributed by atoms with Gasteiger partial charge in [-0.1, -0.05) is 0 Å². The fourth-order valence-corrected chi connectivity index (χ4v) is 3.59. The molecule has 0 aliphatic heterocycles. The number of hydrogen-bond donors (Lipinski definition) is 1. The van der Waals surface area contributed by atoms with Crippen LogP contribution in [0.2, 0.25) is 0 Å². The van der Waals surface area contributed by atoms with Gasteiger partial charge >= 0.3 is 0 Å². The highest BCUT2D eigenvalue weighted by atomic mass is 79.9. The second-order valence-corrected chi connectivity index (χ2v) is 6.14. The average molecular weight is 338 g/mol. The van der Waals surface area contributed by atoms with Crippen molar-refractivity contribution in [2.24, 2.45) is 0 Å². The third-order valence-corrected chi connectivity index (χ3v) is 4.89. The summed E-state index contributed by atoms with van der Waals surface area (Å²) >= 11 is 4.67. The lowest BCUT2D eigenvalue weighted by Gasteiger charge is -2.06. The minimum atomic E-state index is -0.464. The van der Waals surface area contributed by atoms with Gasteiger partial charge in [-0.15, -0.1) is 11.3 Å². The van der Waals surface area contributed by atoms with Crippen LogP contribution in [0.4, 0.5) is 15.2 Å². The summed E-state index contributed by atoms with van der Waals surface area (Å²) in [6, 6.07) is 5.07. The van der Waals surface area contributed by atoms with Crippen LogP contribution in [0.5, 0.6) is 0 Å². The monoisotopic (exact) mass is 337 g/mol. The van der Waals surface area contributed by atoms with Gasteiger partial charge in [0.25, 0.3) is 0 Å². The first kappa shape index (κ1) is 12.6. The summed E-state index contributed by atoms with van der Waals surface area (Å²) in [6.45, 7) is 0. The summed E-state index contributed by atoms with van der Waals surface area (Å²) in [6.07, 6.45) is 3.23. The number of nitrogens with zero attached hydrogens (tertiary/aromatic N) is 2. The zero-order valence-electron chi connectivity index (χ0n) is 9.83. The number of fused-ring (bicyclic) bond motifs is 1. The van der Waals surface area contributed by atoms with Crippen LogP contribution in [0, 0.1) is 17.1 Å². The van der Waals surface area contributed by atoms with Crippen molar-refractivity contribution in [1.82, 2.24) is 4.98 Å². The maximum absolute atomic E-state index is 14.1. The molecule has 3 nitrogen and oxygen atoms in total. The van der Waals surface area contributed by atoms with E-state index in [9.17, 15) is 4.39 Å². The first-order chi connectivity index (χ1) is 9.19. The first-order valence-corrected chi connectivity index (χ1v) is 7.43. The van der Waals surface area contributed by atoms with Gasteiger partial charge in [0, 0.05) is 4.88 Å². The van der Waals surface area contributed by atoms with E-state index in [2.05, 4.69) is 26.2 Å². The van der Waals surface area contributed by atoms with Crippen LogP contribution in [-0.4, -0.2) is 4.98 Å². The Morgan fingerprint density at radius 3 is 3.00 bits per heavy atom. The van der Waals surface area contributed by atoms with Crippen molar-refractivity contribution in [3.8, 4) is 6.07 Å². The van der Waals surface area contributed by atoms with E-state index in [1.807, 2.05) is 6.07 Å². The maximum Gasteiger partial charge on any atom is 0.187 e. The smallest absolute Gasteiger partial charge is 0.187 e. The predicted molar refractivity (Wildman–Crippen MR) is 76.2 cm³/mol. The molecule has 1 N–H and O–H groups in total. The molecule has 2 aromatic rings. The fraction of sp³-hybridized carbons (Fsp3) is 0.231. The number of anilines is 2. The number of thiazole rings is 1. The van der Waals surface area contributed by atoms with Crippen LogP contribution in [0.3, 0.4) is 0 Å². The Morgan fingerprint density at radius 1 is 1.42 bits per heavy atom. The quantitative estimate of drug-likeness (QED) is 0.895. The Labute approximate surface area is 122 Å². The second kappa shape index (κ2) is 4.91. The van der Waals surface area contributed by atoms with Gasteiger partial charge in [0.2, 0.25) is 0 Å². The summed E-state index contributed by atoms with van der Waals surface area (Å²) in [7, 11) is 0. The van der Waals surface area contributed by atoms with Gasteiger partial charge in [0.1, 0.15) is 6.07 Å². The van der Waals surface area contributed by atoms with E-state index >= 15 is 0 Å². The fourth-order valence-electron chi connectivity index (χ4n) is 2.09. The standard InChI is InChI=1S/C13H9BrFN3S/c14-11-7(6-16)4-5-9(12(11)15)18-13-17-8-2-1-3-10(8)19-13/h4-5H,1-3H2,(H,17,18). The van der Waals surface area contributed by atoms with Crippen molar-refractivity contribution in [3.05, 3.63) is 38.6 Å². The Hall–Kier alpha value is -1.45. The predicted octanol–water partition coefficient (Wildman–Crippen LogP) is 4.15. The molecule has 19 heavy (non-hydrogen) atoms. The van der Waals surface area contributed by atoms with E-state index in [1.54, 1.807) is 23.5 Å². The third kappa shape index (κ3) is 2.24. The number of aromatic nitrogens is 1. The number of benzene rings is 1. The van der Waals surface area contributed by atoms with Crippen LogP contribution in [0.25, 0.3) is 0 Å². The molecule has 3 rings (SSSR count). The molecule has 0 fully saturated rings. The molecule has 0 amide bonds. The molecule has 1 aliphatic rings. The molecule has 1 heterocycles. The summed E-state index contributed by atoms with van der Waals surface area (Å²) in [5, 5.41) is 12.5. The van der Waals surface area contributed by atoms with Crippen molar-refractivity contribution < 1.29 is 4.39 Å². The number of halogens is 2. The Morgan fingerprint density at radius 2 is 2.26 bits per heavy atom. The molecule has 1 aliphatic carbocycles. The Kier molecular flexibility index (Phi) is 3.25. The van der Waals surface area contributed by atoms with Gasteiger partial charge in [-0.05, 0) is 47.3 Å². The highest BCUT2D eigenvalue weighted by Crippen LogP contribution is 2.34. The number of nitrogens with one attached hydrogen (secondary N) is 1. The molecule has 0 saturated heterocycles. The van der Waals surface area contributed by atoms with E-state index in [-0.39, 0.29) is 10.0 Å². The van der Waals surface area contributed by atoms with E-state index in [4.69, 9.17) is 5.26 Å². The second-order valence-electron chi connectivity index (χ2n) is 4.27. The molecule has 0 saturated carbocycles. The molecular formula is C13H9BrFN3S. The third-order valence-electron chi connectivity index (χ3n) is 3.04. The summed E-state index contributed by atoms with van der Waals surface area (Å²) in [5.41, 5.74) is 1.74. The van der Waals surface area contributed by atoms with Crippen LogP contribution >= 0.6 is 27.3 Å². The lowest BCUT2D eigenvalue weighted by molar-refractivity contribution is 0.624. The topological polar surface area (TPSA) is 48.7 Å². The zero-order valence-corrected chi connectivity index (χ0v) is 12.2. The number of rotatable bonds is 2. The van der Waals surface area contributed by atoms with Gasteiger partial charge in [-0.3, -0.25) is 0 Å². The summed E-state index contributed by atoms with van der Waals surface area (Å²) < 4.78 is 14.2. The molecule has 1 aromatic heterocycles. The molecule has 0 spiro atoms. The van der Waals surface area contributed by atoms with Crippen LogP contribution in [0.1, 0.15) is 22.6 Å². The van der Waals surface area contributed by atoms with E-state index < -0.39 is 5.82 Å². The average Bonchev–Trinajstić information content (AvgIpc) is 2.96. The molecule has 0 bridgehead atoms. The minimum Gasteiger partial charge on any atom is -0.329 e. The van der Waals surface area contributed by atoms with E-state index in [1.165, 1.54) is 4.88 Å². The van der Waals surface area contributed by atoms with E-state index in [0.717, 1.165) is 25.0 Å². The molecule has 0 atom stereocenters. The lowest BCUT2D eigenvalue weighted by atomic mass is 10.2. The molecule has 1 aromatic carbocycles. The molecule has 0 unspecified atom stereocenters. The highest BCUT2D eigenvalue weighted by Gasteiger charge is 2.18. The number of aryl methyl sites for hydroxylation is 2. The molecule has 6 heteroatoms. The van der Waals surface area contributed by atoms with Gasteiger partial charge in [-0.25, -0.2) is 9.37 Å². The zero-order chi connectivity index (χ0) is 13.4. The normalized spacial score (nSPS) is 13.1.